The van der Waals surface area contributed by atoms with Gasteiger partial charge < -0.3 is 14.4 Å². The number of fused-ring (bicyclic) bond motifs is 5. The molecule has 0 bridgehead atoms. The van der Waals surface area contributed by atoms with E-state index in [1.807, 2.05) is 0 Å². The Balaban J connectivity index is 1.13. The minimum absolute atomic E-state index is 0.0860. The molecule has 43 heavy (non-hydrogen) atoms. The minimum atomic E-state index is -5.55. The molecule has 4 aliphatic carbocycles. The van der Waals surface area contributed by atoms with Crippen LogP contribution in [0.15, 0.2) is 0 Å². The molecule has 0 saturated heterocycles. The van der Waals surface area contributed by atoms with Crippen molar-refractivity contribution in [2.75, 3.05) is 18.1 Å². The topological polar surface area (TPSA) is 69.6 Å². The van der Waals surface area contributed by atoms with Crippen LogP contribution in [0.5, 0.6) is 0 Å². The number of alkyl halides is 5. The number of ether oxygens (including phenoxy) is 1. The number of aliphatic hydroxyl groups excluding tert-OH is 1. The zero-order valence-corrected chi connectivity index (χ0v) is 26.9. The lowest BCUT2D eigenvalue weighted by atomic mass is 9.44. The molecule has 0 aromatic heterocycles. The predicted octanol–water partition coefficient (Wildman–Crippen LogP) is 8.41. The highest BCUT2D eigenvalue weighted by atomic mass is 32.2. The fraction of sp³-hybridized carbons (Fsp3) is 0.970. The van der Waals surface area contributed by atoms with Crippen molar-refractivity contribution < 1.29 is 41.1 Å². The molecule has 4 nitrogen and oxygen atoms in total. The second-order valence-electron chi connectivity index (χ2n) is 14.7. The van der Waals surface area contributed by atoms with Crippen LogP contribution < -0.4 is 0 Å². The van der Waals surface area contributed by atoms with Gasteiger partial charge in [-0.15, -0.1) is 0 Å². The van der Waals surface area contributed by atoms with E-state index in [1.165, 1.54) is 0 Å². The number of unbranched alkanes of at least 4 members (excludes halogenated alkanes) is 6. The number of Topliss-reactive ketones (excluding diaryl/α,β-unsaturated/α-hetero) is 1. The van der Waals surface area contributed by atoms with Crippen LogP contribution in [0.4, 0.5) is 22.0 Å². The summed E-state index contributed by atoms with van der Waals surface area (Å²) in [6.45, 7) is 5.41. The number of halogens is 5. The van der Waals surface area contributed by atoms with Crippen LogP contribution >= 0.6 is 0 Å². The zero-order valence-electron chi connectivity index (χ0n) is 26.1. The Labute approximate surface area is 257 Å². The third kappa shape index (κ3) is 8.10. The van der Waals surface area contributed by atoms with E-state index in [1.54, 1.807) is 0 Å². The third-order valence-corrected chi connectivity index (χ3v) is 13.5. The summed E-state index contributed by atoms with van der Waals surface area (Å²) in [5.41, 5.74) is 0.0471. The Kier molecular flexibility index (Phi) is 12.0. The highest BCUT2D eigenvalue weighted by Gasteiger charge is 2.63. The smallest absolute Gasteiger partial charge is 0.453 e. The van der Waals surface area contributed by atoms with Gasteiger partial charge in [-0.3, -0.25) is 4.79 Å². The van der Waals surface area contributed by atoms with Crippen molar-refractivity contribution in [1.82, 2.24) is 0 Å². The molecule has 9 atom stereocenters. The van der Waals surface area contributed by atoms with E-state index in [2.05, 4.69) is 13.8 Å². The molecule has 4 unspecified atom stereocenters. The van der Waals surface area contributed by atoms with Gasteiger partial charge in [-0.2, -0.15) is 22.0 Å². The van der Waals surface area contributed by atoms with Crippen molar-refractivity contribution in [2.45, 2.75) is 147 Å². The highest BCUT2D eigenvalue weighted by Crippen LogP contribution is 2.66. The summed E-state index contributed by atoms with van der Waals surface area (Å²) in [6, 6.07) is 0. The molecule has 4 rings (SSSR count). The summed E-state index contributed by atoms with van der Waals surface area (Å²) in [5, 5.41) is 11.0. The number of carbonyl (C=O) groups is 1. The van der Waals surface area contributed by atoms with Crippen molar-refractivity contribution in [3.8, 4) is 0 Å². The maximum absolute atomic E-state index is 13.0. The summed E-state index contributed by atoms with van der Waals surface area (Å²) in [6.07, 6.45) is 6.79. The fourth-order valence-electron chi connectivity index (χ4n) is 9.45. The van der Waals surface area contributed by atoms with Gasteiger partial charge in [0.25, 0.3) is 0 Å². The molecule has 4 saturated carbocycles. The molecule has 0 aliphatic heterocycles. The number of carbonyl (C=O) groups excluding carboxylic acids is 1. The Hall–Kier alpha value is -0.450. The molecular weight excluding hydrogens is 587 g/mol. The van der Waals surface area contributed by atoms with Crippen LogP contribution in [0.1, 0.15) is 123 Å². The number of hydrogen-bond acceptors (Lipinski definition) is 4. The van der Waals surface area contributed by atoms with Crippen molar-refractivity contribution in [3.63, 3.8) is 0 Å². The fourth-order valence-corrected chi connectivity index (χ4v) is 10.6. The lowest BCUT2D eigenvalue weighted by Crippen LogP contribution is -2.60. The second kappa shape index (κ2) is 14.5. The van der Waals surface area contributed by atoms with E-state index in [0.29, 0.717) is 61.1 Å². The zero-order chi connectivity index (χ0) is 31.5. The average Bonchev–Trinajstić information content (AvgIpc) is 3.22. The molecule has 10 heteroatoms. The second-order valence-corrected chi connectivity index (χ2v) is 16.4. The summed E-state index contributed by atoms with van der Waals surface area (Å²) in [7, 11) is 0. The van der Waals surface area contributed by atoms with Crippen LogP contribution in [0.2, 0.25) is 0 Å². The lowest BCUT2D eigenvalue weighted by molar-refractivity contribution is -0.284. The number of rotatable bonds is 15. The first-order valence-corrected chi connectivity index (χ1v) is 18.3. The Morgan fingerprint density at radius 2 is 1.56 bits per heavy atom. The normalized spacial score (nSPS) is 37.1. The van der Waals surface area contributed by atoms with Gasteiger partial charge in [-0.05, 0) is 98.7 Å². The maximum atomic E-state index is 13.0. The van der Waals surface area contributed by atoms with Crippen LogP contribution in [-0.4, -0.2) is 57.9 Å². The van der Waals surface area contributed by atoms with Gasteiger partial charge in [0.2, 0.25) is 0 Å². The van der Waals surface area contributed by atoms with Crippen LogP contribution in [-0.2, 0) is 20.7 Å². The first-order valence-electron chi connectivity index (χ1n) is 16.8. The molecule has 0 amide bonds. The SMILES string of the molecule is C[C@]12CCC(=O)CC1CC[C@@H]1[C@H]2C(OCCCCCCCCC[S+]([O-])CCCC(F)(F)C(F)(F)F)C[C@]2(C)C(O)CC[C@@H]12. The molecule has 0 radical (unpaired) electrons. The van der Waals surface area contributed by atoms with E-state index >= 15 is 0 Å². The first-order chi connectivity index (χ1) is 20.2. The van der Waals surface area contributed by atoms with Gasteiger partial charge in [-0.1, -0.05) is 50.7 Å². The molecule has 0 aromatic rings. The molecule has 4 fully saturated rings. The van der Waals surface area contributed by atoms with Gasteiger partial charge in [-0.25, -0.2) is 0 Å². The van der Waals surface area contributed by atoms with Gasteiger partial charge in [0.05, 0.1) is 12.2 Å². The molecule has 0 spiro atoms. The summed E-state index contributed by atoms with van der Waals surface area (Å²) in [4.78, 5) is 12.3. The minimum Gasteiger partial charge on any atom is -0.616 e. The quantitative estimate of drug-likeness (QED) is 0.111. The van der Waals surface area contributed by atoms with Crippen LogP contribution in [0.25, 0.3) is 0 Å². The van der Waals surface area contributed by atoms with E-state index in [-0.39, 0.29) is 28.8 Å². The van der Waals surface area contributed by atoms with E-state index in [0.717, 1.165) is 77.0 Å². The molecule has 0 heterocycles. The monoisotopic (exact) mass is 640 g/mol. The average molecular weight is 641 g/mol. The summed E-state index contributed by atoms with van der Waals surface area (Å²) in [5.74, 6) is -2.07. The predicted molar refractivity (Wildman–Crippen MR) is 158 cm³/mol. The van der Waals surface area contributed by atoms with Crippen molar-refractivity contribution in [2.24, 2.45) is 34.5 Å². The maximum Gasteiger partial charge on any atom is 0.453 e. The van der Waals surface area contributed by atoms with Gasteiger partial charge in [0.15, 0.2) is 0 Å². The van der Waals surface area contributed by atoms with E-state index in [4.69, 9.17) is 4.74 Å². The van der Waals surface area contributed by atoms with Gasteiger partial charge in [0, 0.05) is 25.9 Å². The van der Waals surface area contributed by atoms with Crippen molar-refractivity contribution >= 4 is 17.0 Å². The Morgan fingerprint density at radius 1 is 0.907 bits per heavy atom. The number of hydrogen-bond donors (Lipinski definition) is 1. The van der Waals surface area contributed by atoms with Crippen molar-refractivity contribution in [1.29, 1.82) is 0 Å². The first kappa shape index (κ1) is 35.4. The Bertz CT molecular complexity index is 918. The third-order valence-electron chi connectivity index (χ3n) is 12.0. The van der Waals surface area contributed by atoms with E-state index < -0.39 is 36.1 Å². The van der Waals surface area contributed by atoms with Gasteiger partial charge in [0.1, 0.15) is 17.3 Å². The molecule has 1 N–H and O–H groups in total. The van der Waals surface area contributed by atoms with Gasteiger partial charge >= 0.3 is 12.1 Å². The Morgan fingerprint density at radius 3 is 2.26 bits per heavy atom. The van der Waals surface area contributed by atoms with E-state index in [9.17, 15) is 36.4 Å². The summed E-state index contributed by atoms with van der Waals surface area (Å²) >= 11 is -1.36. The lowest BCUT2D eigenvalue weighted by Gasteiger charge is -2.62. The van der Waals surface area contributed by atoms with Crippen molar-refractivity contribution in [3.05, 3.63) is 0 Å². The molecular formula is C33H53F5O4S. The number of aliphatic hydroxyl groups is 1. The molecule has 0 aromatic carbocycles. The molecule has 4 aliphatic rings. The summed E-state index contributed by atoms with van der Waals surface area (Å²) < 4.78 is 81.2. The molecule has 250 valence electrons. The number of ketones is 1. The largest absolute Gasteiger partial charge is 0.616 e. The van der Waals surface area contributed by atoms with Crippen LogP contribution in [0, 0.1) is 34.5 Å². The highest BCUT2D eigenvalue weighted by molar-refractivity contribution is 7.91. The van der Waals surface area contributed by atoms with Crippen LogP contribution in [0.3, 0.4) is 0 Å². The standard InChI is InChI=1S/C33H53F5O4S/c1-30-17-15-24(39)21-23(30)11-12-25-26-13-14-28(40)31(26,2)22-27(29(25)30)42-18-8-6-4-3-5-7-9-19-43(41)20-10-16-32(34,35)33(36,37)38/h23,25-29,40H,3-22H2,1-2H3/t23?,25-,26-,27?,28?,29-,30-,31-,43?/m0/s1.